The minimum absolute atomic E-state index is 0.0831. The number of para-hydroxylation sites is 1. The molecule has 1 aliphatic heterocycles. The average molecular weight is 271 g/mol. The molecular formula is C16H21N3O. The highest BCUT2D eigenvalue weighted by Crippen LogP contribution is 2.17. The van der Waals surface area contributed by atoms with Gasteiger partial charge in [-0.2, -0.15) is 0 Å². The number of nitrogens with one attached hydrogen (secondary N) is 2. The summed E-state index contributed by atoms with van der Waals surface area (Å²) in [5.74, 6) is 0.703. The molecule has 0 spiro atoms. The van der Waals surface area contributed by atoms with Crippen LogP contribution in [0.2, 0.25) is 0 Å². The number of piperidine rings is 1. The molecule has 4 nitrogen and oxygen atoms in total. The highest BCUT2D eigenvalue weighted by molar-refractivity contribution is 5.97. The van der Waals surface area contributed by atoms with Gasteiger partial charge in [0.25, 0.3) is 5.91 Å². The van der Waals surface area contributed by atoms with Gasteiger partial charge in [-0.15, -0.1) is 0 Å². The molecule has 0 bridgehead atoms. The summed E-state index contributed by atoms with van der Waals surface area (Å²) in [5, 5.41) is 4.45. The summed E-state index contributed by atoms with van der Waals surface area (Å²) in [4.78, 5) is 17.5. The smallest absolute Gasteiger partial charge is 0.270 e. The van der Waals surface area contributed by atoms with Crippen LogP contribution in [-0.2, 0) is 0 Å². The summed E-state index contributed by atoms with van der Waals surface area (Å²) in [6.45, 7) is 2.98. The Balaban J connectivity index is 1.70. The van der Waals surface area contributed by atoms with Crippen molar-refractivity contribution in [2.45, 2.75) is 12.8 Å². The predicted octanol–water partition coefficient (Wildman–Crippen LogP) is 2.24. The van der Waals surface area contributed by atoms with E-state index in [2.05, 4.69) is 10.3 Å². The summed E-state index contributed by atoms with van der Waals surface area (Å²) in [7, 11) is 1.90. The normalized spacial score (nSPS) is 16.4. The Morgan fingerprint density at radius 1 is 1.30 bits per heavy atom. The van der Waals surface area contributed by atoms with Crippen LogP contribution < -0.4 is 5.32 Å². The molecule has 20 heavy (non-hydrogen) atoms. The monoisotopic (exact) mass is 271 g/mol. The van der Waals surface area contributed by atoms with E-state index in [4.69, 9.17) is 0 Å². The number of nitrogens with zero attached hydrogens (tertiary/aromatic N) is 1. The molecule has 1 amide bonds. The van der Waals surface area contributed by atoms with E-state index < -0.39 is 0 Å². The summed E-state index contributed by atoms with van der Waals surface area (Å²) >= 11 is 0. The first-order valence-electron chi connectivity index (χ1n) is 7.28. The van der Waals surface area contributed by atoms with E-state index in [9.17, 15) is 4.79 Å². The molecular weight excluding hydrogens is 250 g/mol. The van der Waals surface area contributed by atoms with Crippen molar-refractivity contribution in [3.05, 3.63) is 36.0 Å². The van der Waals surface area contributed by atoms with Gasteiger partial charge in [-0.1, -0.05) is 18.2 Å². The van der Waals surface area contributed by atoms with Gasteiger partial charge in [0, 0.05) is 24.5 Å². The number of hydrogen-bond acceptors (Lipinski definition) is 2. The zero-order chi connectivity index (χ0) is 13.9. The molecule has 0 atom stereocenters. The molecule has 3 rings (SSSR count). The van der Waals surface area contributed by atoms with Crippen LogP contribution in [0.25, 0.3) is 10.9 Å². The van der Waals surface area contributed by atoms with Crippen molar-refractivity contribution in [1.82, 2.24) is 15.2 Å². The number of aromatic nitrogens is 1. The molecule has 2 N–H and O–H groups in total. The van der Waals surface area contributed by atoms with Gasteiger partial charge in [-0.05, 0) is 44.0 Å². The molecule has 2 heterocycles. The second-order valence-electron chi connectivity index (χ2n) is 5.65. The lowest BCUT2D eigenvalue weighted by Crippen LogP contribution is -2.37. The molecule has 1 fully saturated rings. The third-order valence-electron chi connectivity index (χ3n) is 4.10. The predicted molar refractivity (Wildman–Crippen MR) is 80.9 cm³/mol. The van der Waals surface area contributed by atoms with Crippen LogP contribution in [0.4, 0.5) is 0 Å². The fraction of sp³-hybridized carbons (Fsp3) is 0.438. The van der Waals surface area contributed by atoms with Crippen LogP contribution in [0.15, 0.2) is 30.3 Å². The van der Waals surface area contributed by atoms with E-state index in [0.29, 0.717) is 11.6 Å². The van der Waals surface area contributed by atoms with Crippen molar-refractivity contribution in [2.75, 3.05) is 26.7 Å². The highest BCUT2D eigenvalue weighted by atomic mass is 16.2. The van der Waals surface area contributed by atoms with Gasteiger partial charge in [0.05, 0.1) is 0 Å². The molecule has 106 valence electrons. The van der Waals surface area contributed by atoms with Crippen LogP contribution in [0.1, 0.15) is 23.3 Å². The first kappa shape index (κ1) is 13.2. The maximum Gasteiger partial charge on any atom is 0.270 e. The van der Waals surface area contributed by atoms with Gasteiger partial charge in [0.1, 0.15) is 5.69 Å². The standard InChI is InChI=1S/C16H21N3O/c1-19(11-12-6-8-17-9-7-12)16(20)15-10-13-4-2-3-5-14(13)18-15/h2-5,10,12,17-18H,6-9,11H2,1H3. The Kier molecular flexibility index (Phi) is 3.74. The van der Waals surface area contributed by atoms with Crippen LogP contribution in [0.5, 0.6) is 0 Å². The quantitative estimate of drug-likeness (QED) is 0.899. The molecule has 1 saturated heterocycles. The summed E-state index contributed by atoms with van der Waals surface area (Å²) in [6.07, 6.45) is 2.31. The first-order chi connectivity index (χ1) is 9.74. The van der Waals surface area contributed by atoms with Crippen molar-refractivity contribution in [1.29, 1.82) is 0 Å². The largest absolute Gasteiger partial charge is 0.351 e. The molecule has 0 radical (unpaired) electrons. The number of hydrogen-bond donors (Lipinski definition) is 2. The Bertz CT molecular complexity index is 566. The van der Waals surface area contributed by atoms with Crippen molar-refractivity contribution < 1.29 is 4.79 Å². The number of H-pyrrole nitrogens is 1. The van der Waals surface area contributed by atoms with Crippen LogP contribution in [0, 0.1) is 5.92 Å². The number of rotatable bonds is 3. The fourth-order valence-electron chi connectivity index (χ4n) is 2.93. The molecule has 1 aromatic heterocycles. The molecule has 1 aromatic carbocycles. The molecule has 0 saturated carbocycles. The number of carbonyl (C=O) groups excluding carboxylic acids is 1. The van der Waals surface area contributed by atoms with Crippen LogP contribution >= 0.6 is 0 Å². The van der Waals surface area contributed by atoms with Crippen molar-refractivity contribution in [3.8, 4) is 0 Å². The van der Waals surface area contributed by atoms with Crippen LogP contribution in [-0.4, -0.2) is 42.5 Å². The van der Waals surface area contributed by atoms with E-state index in [1.165, 1.54) is 0 Å². The number of benzene rings is 1. The van der Waals surface area contributed by atoms with Crippen molar-refractivity contribution in [3.63, 3.8) is 0 Å². The second kappa shape index (κ2) is 5.67. The van der Waals surface area contributed by atoms with E-state index in [-0.39, 0.29) is 5.91 Å². The lowest BCUT2D eigenvalue weighted by Gasteiger charge is -2.27. The third kappa shape index (κ3) is 2.70. The third-order valence-corrected chi connectivity index (χ3v) is 4.10. The molecule has 0 unspecified atom stereocenters. The Hall–Kier alpha value is -1.81. The van der Waals surface area contributed by atoms with E-state index in [1.807, 2.05) is 42.3 Å². The lowest BCUT2D eigenvalue weighted by molar-refractivity contribution is 0.0758. The minimum Gasteiger partial charge on any atom is -0.351 e. The molecule has 1 aliphatic rings. The fourth-order valence-corrected chi connectivity index (χ4v) is 2.93. The van der Waals surface area contributed by atoms with Gasteiger partial charge in [0.15, 0.2) is 0 Å². The number of aromatic amines is 1. The van der Waals surface area contributed by atoms with Crippen molar-refractivity contribution >= 4 is 16.8 Å². The maximum absolute atomic E-state index is 12.5. The zero-order valence-electron chi connectivity index (χ0n) is 11.9. The summed E-state index contributed by atoms with van der Waals surface area (Å²) < 4.78 is 0. The van der Waals surface area contributed by atoms with Gasteiger partial charge < -0.3 is 15.2 Å². The summed E-state index contributed by atoms with van der Waals surface area (Å²) in [5.41, 5.74) is 1.70. The number of fused-ring (bicyclic) bond motifs is 1. The average Bonchev–Trinajstić information content (AvgIpc) is 2.91. The molecule has 2 aromatic rings. The van der Waals surface area contributed by atoms with Gasteiger partial charge in [-0.3, -0.25) is 4.79 Å². The first-order valence-corrected chi connectivity index (χ1v) is 7.28. The highest BCUT2D eigenvalue weighted by Gasteiger charge is 2.20. The molecule has 0 aliphatic carbocycles. The maximum atomic E-state index is 12.5. The minimum atomic E-state index is 0.0831. The Morgan fingerprint density at radius 3 is 2.80 bits per heavy atom. The molecule has 4 heteroatoms. The van der Waals surface area contributed by atoms with E-state index in [1.54, 1.807) is 0 Å². The lowest BCUT2D eigenvalue weighted by atomic mass is 9.97. The number of carbonyl (C=O) groups is 1. The van der Waals surface area contributed by atoms with Crippen LogP contribution in [0.3, 0.4) is 0 Å². The summed E-state index contributed by atoms with van der Waals surface area (Å²) in [6, 6.07) is 9.93. The second-order valence-corrected chi connectivity index (χ2v) is 5.65. The van der Waals surface area contributed by atoms with Crippen molar-refractivity contribution in [2.24, 2.45) is 5.92 Å². The number of amides is 1. The Labute approximate surface area is 119 Å². The van der Waals surface area contributed by atoms with E-state index >= 15 is 0 Å². The topological polar surface area (TPSA) is 48.1 Å². The van der Waals surface area contributed by atoms with Gasteiger partial charge in [0.2, 0.25) is 0 Å². The Morgan fingerprint density at radius 2 is 2.05 bits per heavy atom. The SMILES string of the molecule is CN(CC1CCNCC1)C(=O)c1cc2ccccc2[nH]1. The van der Waals surface area contributed by atoms with E-state index in [0.717, 1.165) is 43.4 Å². The van der Waals surface area contributed by atoms with Gasteiger partial charge >= 0.3 is 0 Å². The van der Waals surface area contributed by atoms with Gasteiger partial charge in [-0.25, -0.2) is 0 Å². The zero-order valence-corrected chi connectivity index (χ0v) is 11.9.